The van der Waals surface area contributed by atoms with E-state index in [0.29, 0.717) is 0 Å². The van der Waals surface area contributed by atoms with E-state index in [1.807, 2.05) is 0 Å². The molecule has 136 heavy (non-hydrogen) atoms. The molecule has 0 aromatic heterocycles. The van der Waals surface area contributed by atoms with Crippen LogP contribution in [0.2, 0.25) is 0 Å². The van der Waals surface area contributed by atoms with Crippen molar-refractivity contribution in [1.82, 2.24) is 0 Å². The first-order valence-electron chi connectivity index (χ1n) is 48.9. The Morgan fingerprint density at radius 3 is 0.868 bits per heavy atom. The average molecular weight is 1780 g/mol. The second kappa shape index (κ2) is 35.7. The Hall–Kier alpha value is -14.0. The van der Waals surface area contributed by atoms with Crippen molar-refractivity contribution in [3.05, 3.63) is 531 Å². The maximum absolute atomic E-state index is 7.23. The highest BCUT2D eigenvalue weighted by atomic mass is 16.5. The van der Waals surface area contributed by atoms with E-state index in [-0.39, 0.29) is 71.9 Å². The smallest absolute Gasteiger partial charge is 0.135 e. The molecule has 1 aliphatic carbocycles. The van der Waals surface area contributed by atoms with Crippen LogP contribution in [-0.2, 0) is 0 Å². The van der Waals surface area contributed by atoms with Gasteiger partial charge in [0.2, 0.25) is 0 Å². The monoisotopic (exact) mass is 1770 g/mol. The minimum absolute atomic E-state index is 0.0195. The van der Waals surface area contributed by atoms with Gasteiger partial charge in [0.15, 0.2) is 0 Å². The lowest BCUT2D eigenvalue weighted by molar-refractivity contribution is 0.218. The van der Waals surface area contributed by atoms with Crippen molar-refractivity contribution in [3.63, 3.8) is 0 Å². The van der Waals surface area contributed by atoms with Crippen molar-refractivity contribution in [3.8, 4) is 28.7 Å². The van der Waals surface area contributed by atoms with Crippen LogP contribution in [0.5, 0.6) is 28.7 Å². The number of benzene rings is 16. The van der Waals surface area contributed by atoms with Gasteiger partial charge in [0, 0.05) is 39.7 Å². The summed E-state index contributed by atoms with van der Waals surface area (Å²) in [5.41, 5.74) is 52.7. The standard InChI is InChI=1S/C66H62O2.C65H60O3/c1-37-11-20-48(21-12-37)60-58-46(10)28-42(6)32-54(58)64-63-55(33-44(8)35-57(63)68-66(64)50-24-15-39(3)16-25-50)62(60)53-36-47(18-17-45(53)9)19-26-51-29-43(7)34-56-59(51)61(52-30-40(4)27-41(5)31-52)65(67-56)49-22-13-38(2)14-23-49;1-37-10-18-47(19-11-37)63-59(53-34-45(9)58-57(36-53)68-64(48-20-12-38(2)13-21-48)61(58)51-29-40(4)26-41(5)30-51)54-35-46(17-25-55(54)66-63)16-24-50-28-44(8)33-56-60(50)62(52-31-42(6)27-43(7)32-52)65(67-56)49-22-14-39(3)15-23-49/h11-36,60-62,64-66H,1-10H3;10-36,59,61-65H,1-9H3/b26-19+;24-16+. The van der Waals surface area contributed by atoms with Crippen LogP contribution in [0, 0.1) is 132 Å². The highest BCUT2D eigenvalue weighted by molar-refractivity contribution is 5.79. The van der Waals surface area contributed by atoms with Crippen LogP contribution < -0.4 is 23.7 Å². The molecular formula is C131H122O5. The number of rotatable bonds is 15. The fourth-order valence-electron chi connectivity index (χ4n) is 23.8. The zero-order chi connectivity index (χ0) is 94.1. The number of ether oxygens (including phenoxy) is 5. The van der Waals surface area contributed by atoms with Gasteiger partial charge in [0.1, 0.15) is 59.3 Å². The molecule has 0 spiro atoms. The van der Waals surface area contributed by atoms with Gasteiger partial charge in [-0.05, 0) is 301 Å². The van der Waals surface area contributed by atoms with E-state index in [1.54, 1.807) is 0 Å². The summed E-state index contributed by atoms with van der Waals surface area (Å²) in [7, 11) is 0. The minimum Gasteiger partial charge on any atom is -0.484 e. The predicted octanol–water partition coefficient (Wildman–Crippen LogP) is 33.2. The van der Waals surface area contributed by atoms with Gasteiger partial charge in [-0.15, -0.1) is 0 Å². The molecule has 0 amide bonds. The van der Waals surface area contributed by atoms with Gasteiger partial charge < -0.3 is 23.7 Å². The molecule has 0 saturated heterocycles. The van der Waals surface area contributed by atoms with Crippen LogP contribution in [0.15, 0.2) is 297 Å². The van der Waals surface area contributed by atoms with Crippen molar-refractivity contribution in [2.24, 2.45) is 0 Å². The van der Waals surface area contributed by atoms with Gasteiger partial charge in [0.05, 0.1) is 29.6 Å². The predicted molar refractivity (Wildman–Crippen MR) is 561 cm³/mol. The minimum atomic E-state index is -0.207. The zero-order valence-electron chi connectivity index (χ0n) is 82.1. The van der Waals surface area contributed by atoms with E-state index >= 15 is 0 Å². The molecule has 0 N–H and O–H groups in total. The highest BCUT2D eigenvalue weighted by Crippen LogP contribution is 2.63. The lowest BCUT2D eigenvalue weighted by Crippen LogP contribution is -2.18. The van der Waals surface area contributed by atoms with Crippen molar-refractivity contribution in [1.29, 1.82) is 0 Å². The molecule has 16 aromatic rings. The van der Waals surface area contributed by atoms with E-state index < -0.39 is 0 Å². The normalized spacial score (nSPS) is 20.1. The Morgan fingerprint density at radius 1 is 0.154 bits per heavy atom. The Labute approximate surface area is 805 Å². The molecule has 6 aliphatic rings. The molecule has 0 saturated carbocycles. The zero-order valence-corrected chi connectivity index (χ0v) is 82.1. The molecular weight excluding hydrogens is 1650 g/mol. The van der Waals surface area contributed by atoms with Gasteiger partial charge in [-0.1, -0.05) is 357 Å². The summed E-state index contributed by atoms with van der Waals surface area (Å²) in [5, 5.41) is 0. The van der Waals surface area contributed by atoms with E-state index in [4.69, 9.17) is 23.7 Å². The van der Waals surface area contributed by atoms with Crippen LogP contribution in [0.3, 0.4) is 0 Å². The summed E-state index contributed by atoms with van der Waals surface area (Å²) < 4.78 is 35.5. The van der Waals surface area contributed by atoms with Gasteiger partial charge in [-0.3, -0.25) is 0 Å². The number of hydrogen-bond acceptors (Lipinski definition) is 5. The Bertz CT molecular complexity index is 7380. The lowest BCUT2D eigenvalue weighted by Gasteiger charge is -2.32. The van der Waals surface area contributed by atoms with Crippen molar-refractivity contribution in [2.45, 2.75) is 203 Å². The van der Waals surface area contributed by atoms with Crippen LogP contribution in [-0.4, -0.2) is 0 Å². The molecule has 5 aliphatic heterocycles. The molecule has 5 heteroatoms. The first-order chi connectivity index (χ1) is 65.6. The average Bonchev–Trinajstić information content (AvgIpc) is 1.54. The van der Waals surface area contributed by atoms with Crippen LogP contribution in [0.1, 0.15) is 306 Å². The molecule has 0 fully saturated rings. The summed E-state index contributed by atoms with van der Waals surface area (Å²) in [6.45, 7) is 41.9. The number of fused-ring (bicyclic) bond motifs is 6. The summed E-state index contributed by atoms with van der Waals surface area (Å²) in [6, 6.07) is 112. The van der Waals surface area contributed by atoms with E-state index in [0.717, 1.165) is 39.9 Å². The molecule has 5 heterocycles. The molecule has 0 bridgehead atoms. The lowest BCUT2D eigenvalue weighted by atomic mass is 9.71. The fraction of sp³-hybridized carbons (Fsp3) is 0.237. The molecule has 16 aromatic carbocycles. The SMILES string of the molecule is Cc1ccc(C2Oc3cc(C)cc(/C=C/c4ccc(C)c(C5c6cc(C)cc7c6C(c6cc(C)cc(C)c6C5c5ccc(C)cc5)C(c5ccc(C)cc5)O7)c4)c3C2c2cc(C)cc(C)c2)cc1.Cc1ccc(C2Oc3ccc(/C=C/c4cc(C)cc5c4C(c4cc(C)cc(C)c4)C(c4ccc(C)cc4)O5)cc3C2c2cc(C)c3c(c2)OC(c2ccc(C)cc2)C3c2cc(C)cc(C)c2)cc1. The molecule has 12 atom stereocenters. The maximum atomic E-state index is 7.23. The third-order valence-corrected chi connectivity index (χ3v) is 29.8. The summed E-state index contributed by atoms with van der Waals surface area (Å²) in [4.78, 5) is 0. The molecule has 12 unspecified atom stereocenters. The van der Waals surface area contributed by atoms with Gasteiger partial charge in [-0.25, -0.2) is 0 Å². The van der Waals surface area contributed by atoms with Gasteiger partial charge in [0.25, 0.3) is 0 Å². The quantitative estimate of drug-likeness (QED) is 0.0957. The fourth-order valence-corrected chi connectivity index (χ4v) is 23.8. The molecule has 676 valence electrons. The second-order valence-electron chi connectivity index (χ2n) is 41.0. The van der Waals surface area contributed by atoms with Gasteiger partial charge >= 0.3 is 0 Å². The second-order valence-corrected chi connectivity index (χ2v) is 41.0. The largest absolute Gasteiger partial charge is 0.484 e. The van der Waals surface area contributed by atoms with Crippen molar-refractivity contribution in [2.75, 3.05) is 0 Å². The van der Waals surface area contributed by atoms with E-state index in [9.17, 15) is 0 Å². The van der Waals surface area contributed by atoms with E-state index in [2.05, 4.69) is 453 Å². The summed E-state index contributed by atoms with van der Waals surface area (Å²) in [6.07, 6.45) is 8.51. The van der Waals surface area contributed by atoms with Crippen molar-refractivity contribution >= 4 is 24.3 Å². The maximum Gasteiger partial charge on any atom is 0.135 e. The summed E-state index contributed by atoms with van der Waals surface area (Å²) >= 11 is 0. The first kappa shape index (κ1) is 88.6. The number of aryl methyl sites for hydroxylation is 19. The topological polar surface area (TPSA) is 46.2 Å². The van der Waals surface area contributed by atoms with Crippen molar-refractivity contribution < 1.29 is 23.7 Å². The van der Waals surface area contributed by atoms with E-state index in [1.165, 1.54) is 223 Å². The van der Waals surface area contributed by atoms with Crippen LogP contribution >= 0.6 is 0 Å². The van der Waals surface area contributed by atoms with Crippen LogP contribution in [0.4, 0.5) is 0 Å². The third-order valence-electron chi connectivity index (χ3n) is 29.8. The van der Waals surface area contributed by atoms with Gasteiger partial charge in [-0.2, -0.15) is 0 Å². The number of hydrogen-bond donors (Lipinski definition) is 0. The van der Waals surface area contributed by atoms with Crippen LogP contribution in [0.25, 0.3) is 24.3 Å². The molecule has 0 radical (unpaired) electrons. The summed E-state index contributed by atoms with van der Waals surface area (Å²) in [5.74, 6) is 5.02. The first-order valence-corrected chi connectivity index (χ1v) is 48.9. The Morgan fingerprint density at radius 2 is 0.456 bits per heavy atom. The molecule has 22 rings (SSSR count). The Kier molecular flexibility index (Phi) is 23.2. The Balaban J connectivity index is 0.000000163. The third kappa shape index (κ3) is 16.8. The molecule has 5 nitrogen and oxygen atoms in total. The highest BCUT2D eigenvalue weighted by Gasteiger charge is 2.49.